The zero-order valence-electron chi connectivity index (χ0n) is 10.3. The summed E-state index contributed by atoms with van der Waals surface area (Å²) in [6.07, 6.45) is 1.72. The highest BCUT2D eigenvalue weighted by Gasteiger charge is 1.99. The summed E-state index contributed by atoms with van der Waals surface area (Å²) in [5.74, 6) is 1.39. The molecule has 4 nitrogen and oxygen atoms in total. The number of anilines is 3. The van der Waals surface area contributed by atoms with Crippen LogP contribution in [0.5, 0.6) is 0 Å². The van der Waals surface area contributed by atoms with Gasteiger partial charge in [-0.15, -0.1) is 0 Å². The Kier molecular flexibility index (Phi) is 3.23. The lowest BCUT2D eigenvalue weighted by atomic mass is 10.1. The first kappa shape index (κ1) is 11.4. The molecule has 2 aromatic rings. The number of nitrogens with one attached hydrogen (secondary N) is 2. The molecule has 0 amide bonds. The maximum absolute atomic E-state index is 4.31. The molecule has 0 aliphatic heterocycles. The van der Waals surface area contributed by atoms with E-state index in [1.54, 1.807) is 13.2 Å². The lowest BCUT2D eigenvalue weighted by molar-refractivity contribution is 1.15. The molecule has 0 aliphatic carbocycles. The minimum atomic E-state index is 0.610. The van der Waals surface area contributed by atoms with Crippen LogP contribution in [-0.4, -0.2) is 17.0 Å². The minimum Gasteiger partial charge on any atom is -0.357 e. The Morgan fingerprint density at radius 3 is 2.59 bits per heavy atom. The highest BCUT2D eigenvalue weighted by molar-refractivity contribution is 5.58. The summed E-state index contributed by atoms with van der Waals surface area (Å²) in [7, 11) is 1.80. The molecule has 0 spiro atoms. The van der Waals surface area contributed by atoms with Crippen LogP contribution < -0.4 is 10.6 Å². The molecule has 0 radical (unpaired) electrons. The molecule has 0 aliphatic rings. The number of hydrogen-bond acceptors (Lipinski definition) is 4. The monoisotopic (exact) mass is 228 g/mol. The molecule has 0 fully saturated rings. The average Bonchev–Trinajstić information content (AvgIpc) is 2.34. The van der Waals surface area contributed by atoms with E-state index in [1.807, 2.05) is 12.1 Å². The van der Waals surface area contributed by atoms with Gasteiger partial charge in [0.2, 0.25) is 5.95 Å². The first-order chi connectivity index (χ1) is 8.19. The maximum Gasteiger partial charge on any atom is 0.224 e. The van der Waals surface area contributed by atoms with Crippen molar-refractivity contribution in [3.8, 4) is 0 Å². The van der Waals surface area contributed by atoms with Crippen molar-refractivity contribution in [1.82, 2.24) is 9.97 Å². The zero-order valence-corrected chi connectivity index (χ0v) is 10.3. The molecule has 0 bridgehead atoms. The largest absolute Gasteiger partial charge is 0.357 e. The molecule has 1 aromatic heterocycles. The molecule has 0 saturated heterocycles. The van der Waals surface area contributed by atoms with E-state index < -0.39 is 0 Å². The summed E-state index contributed by atoms with van der Waals surface area (Å²) in [4.78, 5) is 8.37. The van der Waals surface area contributed by atoms with Gasteiger partial charge >= 0.3 is 0 Å². The van der Waals surface area contributed by atoms with Gasteiger partial charge in [-0.25, -0.2) is 4.98 Å². The van der Waals surface area contributed by atoms with E-state index in [-0.39, 0.29) is 0 Å². The number of aryl methyl sites for hydroxylation is 2. The molecule has 1 heterocycles. The fraction of sp³-hybridized carbons (Fsp3) is 0.231. The zero-order chi connectivity index (χ0) is 12.3. The second-order valence-corrected chi connectivity index (χ2v) is 3.94. The number of nitrogens with zero attached hydrogens (tertiary/aromatic N) is 2. The van der Waals surface area contributed by atoms with Gasteiger partial charge < -0.3 is 10.6 Å². The van der Waals surface area contributed by atoms with Crippen LogP contribution in [0.1, 0.15) is 11.1 Å². The third-order valence-corrected chi connectivity index (χ3v) is 2.66. The summed E-state index contributed by atoms with van der Waals surface area (Å²) < 4.78 is 0. The molecule has 0 unspecified atom stereocenters. The van der Waals surface area contributed by atoms with Gasteiger partial charge in [0.25, 0.3) is 0 Å². The Morgan fingerprint density at radius 1 is 1.06 bits per heavy atom. The lowest BCUT2D eigenvalue weighted by Gasteiger charge is -2.08. The van der Waals surface area contributed by atoms with Crippen LogP contribution in [0.15, 0.2) is 30.5 Å². The van der Waals surface area contributed by atoms with Crippen molar-refractivity contribution >= 4 is 17.5 Å². The summed E-state index contributed by atoms with van der Waals surface area (Å²) >= 11 is 0. The van der Waals surface area contributed by atoms with Gasteiger partial charge in [-0.05, 0) is 43.2 Å². The molecular weight excluding hydrogens is 212 g/mol. The van der Waals surface area contributed by atoms with Crippen LogP contribution in [0.25, 0.3) is 0 Å². The van der Waals surface area contributed by atoms with Crippen molar-refractivity contribution < 1.29 is 0 Å². The van der Waals surface area contributed by atoms with Gasteiger partial charge in [0.15, 0.2) is 0 Å². The minimum absolute atomic E-state index is 0.610. The second-order valence-electron chi connectivity index (χ2n) is 3.94. The predicted octanol–water partition coefficient (Wildman–Crippen LogP) is 2.88. The molecule has 2 N–H and O–H groups in total. The van der Waals surface area contributed by atoms with Crippen LogP contribution in [-0.2, 0) is 0 Å². The van der Waals surface area contributed by atoms with Crippen LogP contribution in [0.4, 0.5) is 17.5 Å². The van der Waals surface area contributed by atoms with E-state index in [1.165, 1.54) is 11.1 Å². The van der Waals surface area contributed by atoms with Crippen LogP contribution in [0.2, 0.25) is 0 Å². The van der Waals surface area contributed by atoms with E-state index in [0.717, 1.165) is 11.5 Å². The molecular formula is C13H16N4. The quantitative estimate of drug-likeness (QED) is 0.848. The van der Waals surface area contributed by atoms with E-state index in [0.29, 0.717) is 5.95 Å². The normalized spacial score (nSPS) is 10.1. The van der Waals surface area contributed by atoms with Gasteiger partial charge in [0.05, 0.1) is 0 Å². The van der Waals surface area contributed by atoms with E-state index in [2.05, 4.69) is 46.6 Å². The number of hydrogen-bond donors (Lipinski definition) is 2. The third kappa shape index (κ3) is 2.72. The molecule has 4 heteroatoms. The molecule has 0 saturated carbocycles. The molecule has 88 valence electrons. The van der Waals surface area contributed by atoms with E-state index >= 15 is 0 Å². The Hall–Kier alpha value is -2.10. The van der Waals surface area contributed by atoms with Gasteiger partial charge in [-0.2, -0.15) is 4.98 Å². The van der Waals surface area contributed by atoms with Gasteiger partial charge in [0, 0.05) is 18.9 Å². The highest BCUT2D eigenvalue weighted by Crippen LogP contribution is 2.18. The van der Waals surface area contributed by atoms with Crippen LogP contribution in [0, 0.1) is 13.8 Å². The Morgan fingerprint density at radius 2 is 1.88 bits per heavy atom. The smallest absolute Gasteiger partial charge is 0.224 e. The maximum atomic E-state index is 4.31. The van der Waals surface area contributed by atoms with Gasteiger partial charge in [0.1, 0.15) is 5.82 Å². The topological polar surface area (TPSA) is 49.8 Å². The number of benzene rings is 1. The summed E-state index contributed by atoms with van der Waals surface area (Å²) in [6, 6.07) is 8.09. The third-order valence-electron chi connectivity index (χ3n) is 2.66. The SMILES string of the molecule is CNc1nccc(Nc2ccc(C)c(C)c2)n1. The fourth-order valence-electron chi connectivity index (χ4n) is 1.52. The number of aromatic nitrogens is 2. The van der Waals surface area contributed by atoms with Crippen molar-refractivity contribution in [2.24, 2.45) is 0 Å². The Bertz CT molecular complexity index is 523. The summed E-state index contributed by atoms with van der Waals surface area (Å²) in [5, 5.41) is 6.17. The van der Waals surface area contributed by atoms with E-state index in [4.69, 9.17) is 0 Å². The Labute approximate surface area is 101 Å². The number of rotatable bonds is 3. The van der Waals surface area contributed by atoms with Crippen molar-refractivity contribution in [3.05, 3.63) is 41.6 Å². The molecule has 1 aromatic carbocycles. The summed E-state index contributed by atoms with van der Waals surface area (Å²) in [5.41, 5.74) is 3.58. The van der Waals surface area contributed by atoms with Crippen molar-refractivity contribution in [3.63, 3.8) is 0 Å². The van der Waals surface area contributed by atoms with Crippen molar-refractivity contribution in [2.45, 2.75) is 13.8 Å². The first-order valence-corrected chi connectivity index (χ1v) is 5.54. The Balaban J connectivity index is 2.22. The first-order valence-electron chi connectivity index (χ1n) is 5.54. The van der Waals surface area contributed by atoms with Gasteiger partial charge in [-0.3, -0.25) is 0 Å². The van der Waals surface area contributed by atoms with Crippen LogP contribution >= 0.6 is 0 Å². The second kappa shape index (κ2) is 4.82. The van der Waals surface area contributed by atoms with Crippen molar-refractivity contribution in [2.75, 3.05) is 17.7 Å². The standard InChI is InChI=1S/C13H16N4/c1-9-4-5-11(8-10(9)2)16-12-6-7-15-13(14-3)17-12/h4-8H,1-3H3,(H2,14,15,16,17). The van der Waals surface area contributed by atoms with Crippen molar-refractivity contribution in [1.29, 1.82) is 0 Å². The molecule has 17 heavy (non-hydrogen) atoms. The fourth-order valence-corrected chi connectivity index (χ4v) is 1.52. The van der Waals surface area contributed by atoms with Gasteiger partial charge in [-0.1, -0.05) is 6.07 Å². The molecule has 2 rings (SSSR count). The predicted molar refractivity (Wildman–Crippen MR) is 70.8 cm³/mol. The molecule has 0 atom stereocenters. The summed E-state index contributed by atoms with van der Waals surface area (Å²) in [6.45, 7) is 4.20. The average molecular weight is 228 g/mol. The highest BCUT2D eigenvalue weighted by atomic mass is 15.1. The van der Waals surface area contributed by atoms with E-state index in [9.17, 15) is 0 Å². The van der Waals surface area contributed by atoms with Crippen LogP contribution in [0.3, 0.4) is 0 Å². The lowest BCUT2D eigenvalue weighted by Crippen LogP contribution is -2.00.